The first kappa shape index (κ1) is 28.1. The molecule has 3 aromatic heterocycles. The highest BCUT2D eigenvalue weighted by molar-refractivity contribution is 7.93. The lowest BCUT2D eigenvalue weighted by atomic mass is 10.2. The highest BCUT2D eigenvalue weighted by Gasteiger charge is 2.35. The number of alkyl halides is 2. The van der Waals surface area contributed by atoms with Crippen molar-refractivity contribution in [1.29, 1.82) is 0 Å². The molecule has 1 unspecified atom stereocenters. The maximum atomic E-state index is 13.5. The van der Waals surface area contributed by atoms with Crippen molar-refractivity contribution in [3.8, 4) is 28.7 Å². The first-order chi connectivity index (χ1) is 18.6. The SMILES string of the molecule is COc1cccc(OC)c1-n1c(NS(=O)(=O)C(C)[C@H](OC)c2ncc(Cl)cn2)nnc1-c1ccn(C(F)F)n1. The zero-order valence-corrected chi connectivity index (χ0v) is 22.6. The van der Waals surface area contributed by atoms with Gasteiger partial charge in [-0.25, -0.2) is 23.1 Å². The van der Waals surface area contributed by atoms with Crippen LogP contribution >= 0.6 is 11.6 Å². The summed E-state index contributed by atoms with van der Waals surface area (Å²) in [4.78, 5) is 8.13. The van der Waals surface area contributed by atoms with Crippen LogP contribution < -0.4 is 14.2 Å². The van der Waals surface area contributed by atoms with Gasteiger partial charge in [0.2, 0.25) is 16.0 Å². The molecule has 0 spiro atoms. The predicted molar refractivity (Wildman–Crippen MR) is 136 cm³/mol. The molecule has 1 aromatic carbocycles. The molecule has 4 rings (SSSR count). The van der Waals surface area contributed by atoms with Gasteiger partial charge in [-0.15, -0.1) is 10.2 Å². The molecule has 0 aliphatic carbocycles. The van der Waals surface area contributed by atoms with Crippen LogP contribution in [0.4, 0.5) is 14.7 Å². The monoisotopic (exact) mass is 584 g/mol. The third-order valence-electron chi connectivity index (χ3n) is 5.62. The predicted octanol–water partition coefficient (Wildman–Crippen LogP) is 3.50. The fourth-order valence-electron chi connectivity index (χ4n) is 3.71. The second-order valence-electron chi connectivity index (χ2n) is 7.92. The van der Waals surface area contributed by atoms with Crippen molar-refractivity contribution in [3.63, 3.8) is 0 Å². The number of methoxy groups -OCH3 is 3. The third-order valence-corrected chi connectivity index (χ3v) is 7.51. The number of ether oxygens (including phenoxy) is 3. The highest BCUT2D eigenvalue weighted by atomic mass is 35.5. The molecule has 0 saturated carbocycles. The van der Waals surface area contributed by atoms with E-state index in [-0.39, 0.29) is 45.5 Å². The van der Waals surface area contributed by atoms with E-state index in [4.69, 9.17) is 25.8 Å². The van der Waals surface area contributed by atoms with Crippen molar-refractivity contribution >= 4 is 27.6 Å². The van der Waals surface area contributed by atoms with Crippen LogP contribution in [0.1, 0.15) is 25.4 Å². The van der Waals surface area contributed by atoms with Crippen molar-refractivity contribution in [2.75, 3.05) is 26.1 Å². The number of hydrogen-bond acceptors (Lipinski definition) is 10. The Hall–Kier alpha value is -3.89. The van der Waals surface area contributed by atoms with Crippen LogP contribution in [0.5, 0.6) is 11.5 Å². The Morgan fingerprint density at radius 3 is 2.21 bits per heavy atom. The molecule has 2 atom stereocenters. The summed E-state index contributed by atoms with van der Waals surface area (Å²) in [5.74, 6) is 0.235. The number of nitrogens with one attached hydrogen (secondary N) is 1. The molecular formula is C22H23ClF2N8O5S. The zero-order valence-electron chi connectivity index (χ0n) is 21.0. The van der Waals surface area contributed by atoms with Crippen LogP contribution in [0.2, 0.25) is 5.02 Å². The molecule has 39 heavy (non-hydrogen) atoms. The molecule has 208 valence electrons. The normalized spacial score (nSPS) is 13.3. The van der Waals surface area contributed by atoms with Gasteiger partial charge in [0.15, 0.2) is 11.6 Å². The fraction of sp³-hybridized carbons (Fsp3) is 0.318. The van der Waals surface area contributed by atoms with E-state index in [1.165, 1.54) is 51.3 Å². The minimum absolute atomic E-state index is 0.0152. The van der Waals surface area contributed by atoms with Crippen LogP contribution in [0, 0.1) is 0 Å². The minimum atomic E-state index is -4.27. The van der Waals surface area contributed by atoms with Gasteiger partial charge in [-0.05, 0) is 25.1 Å². The van der Waals surface area contributed by atoms with Gasteiger partial charge in [0.1, 0.15) is 34.2 Å². The van der Waals surface area contributed by atoms with E-state index in [9.17, 15) is 17.2 Å². The maximum Gasteiger partial charge on any atom is 0.333 e. The maximum absolute atomic E-state index is 13.5. The van der Waals surface area contributed by atoms with Gasteiger partial charge in [0, 0.05) is 25.7 Å². The molecule has 1 N–H and O–H groups in total. The quantitative estimate of drug-likeness (QED) is 0.277. The van der Waals surface area contributed by atoms with E-state index in [2.05, 4.69) is 30.0 Å². The van der Waals surface area contributed by atoms with E-state index in [0.717, 1.165) is 6.20 Å². The minimum Gasteiger partial charge on any atom is -0.494 e. The second-order valence-corrected chi connectivity index (χ2v) is 10.4. The van der Waals surface area contributed by atoms with Crippen LogP contribution in [0.25, 0.3) is 17.2 Å². The summed E-state index contributed by atoms with van der Waals surface area (Å²) in [6.07, 6.45) is 2.61. The van der Waals surface area contributed by atoms with Gasteiger partial charge in [0.05, 0.1) is 19.2 Å². The van der Waals surface area contributed by atoms with E-state index in [1.54, 1.807) is 18.2 Å². The molecule has 13 nitrogen and oxygen atoms in total. The molecular weight excluding hydrogens is 562 g/mol. The van der Waals surface area contributed by atoms with Gasteiger partial charge in [-0.1, -0.05) is 17.7 Å². The van der Waals surface area contributed by atoms with Crippen molar-refractivity contribution in [1.82, 2.24) is 34.5 Å². The molecule has 17 heteroatoms. The molecule has 0 amide bonds. The van der Waals surface area contributed by atoms with E-state index < -0.39 is 27.9 Å². The number of anilines is 1. The summed E-state index contributed by atoms with van der Waals surface area (Å²) in [5.41, 5.74) is 0.183. The molecule has 0 aliphatic rings. The number of para-hydroxylation sites is 1. The highest BCUT2D eigenvalue weighted by Crippen LogP contribution is 2.38. The lowest BCUT2D eigenvalue weighted by Gasteiger charge is -2.22. The van der Waals surface area contributed by atoms with Gasteiger partial charge in [0.25, 0.3) is 0 Å². The molecule has 0 radical (unpaired) electrons. The number of sulfonamides is 1. The van der Waals surface area contributed by atoms with Gasteiger partial charge in [-0.2, -0.15) is 13.9 Å². The van der Waals surface area contributed by atoms with Gasteiger partial charge in [-0.3, -0.25) is 9.29 Å². The molecule has 3 heterocycles. The fourth-order valence-corrected chi connectivity index (χ4v) is 4.93. The summed E-state index contributed by atoms with van der Waals surface area (Å²) in [5, 5.41) is 10.9. The standard InChI is InChI=1S/C22H23ClF2N8O5S/c1-12(18(38-4)19-26-10-13(23)11-27-19)39(34,35)31-22-29-28-20(14-8-9-32(30-14)21(24)25)33(22)17-15(36-2)6-5-7-16(17)37-3/h5-12,18,21H,1-4H3,(H,29,31)/t12?,18-/m0/s1. The zero-order chi connectivity index (χ0) is 28.3. The van der Waals surface area contributed by atoms with Gasteiger partial charge >= 0.3 is 6.55 Å². The molecule has 0 bridgehead atoms. The van der Waals surface area contributed by atoms with Crippen LogP contribution in [0.15, 0.2) is 42.9 Å². The summed E-state index contributed by atoms with van der Waals surface area (Å²) >= 11 is 5.85. The Labute approximate surface area is 226 Å². The van der Waals surface area contributed by atoms with Crippen molar-refractivity contribution in [2.24, 2.45) is 0 Å². The summed E-state index contributed by atoms with van der Waals surface area (Å²) in [7, 11) is -0.159. The molecule has 0 aliphatic heterocycles. The number of benzene rings is 1. The first-order valence-electron chi connectivity index (χ1n) is 11.1. The molecule has 0 saturated heterocycles. The average molecular weight is 585 g/mol. The molecule has 0 fully saturated rings. The summed E-state index contributed by atoms with van der Waals surface area (Å²) < 4.78 is 74.0. The first-order valence-corrected chi connectivity index (χ1v) is 13.1. The molecule has 4 aromatic rings. The number of hydrogen-bond donors (Lipinski definition) is 1. The second kappa shape index (κ2) is 11.5. The van der Waals surface area contributed by atoms with E-state index >= 15 is 0 Å². The largest absolute Gasteiger partial charge is 0.494 e. The van der Waals surface area contributed by atoms with E-state index in [0.29, 0.717) is 4.68 Å². The number of nitrogens with zero attached hydrogens (tertiary/aromatic N) is 7. The third kappa shape index (κ3) is 5.62. The van der Waals surface area contributed by atoms with Gasteiger partial charge < -0.3 is 14.2 Å². The van der Waals surface area contributed by atoms with Crippen LogP contribution in [-0.4, -0.2) is 69.5 Å². The number of aromatic nitrogens is 7. The lowest BCUT2D eigenvalue weighted by molar-refractivity contribution is 0.0568. The topological polar surface area (TPSA) is 148 Å². The Morgan fingerprint density at radius 2 is 1.67 bits per heavy atom. The Bertz CT molecular complexity index is 1530. The summed E-state index contributed by atoms with van der Waals surface area (Å²) in [6, 6.07) is 6.13. The van der Waals surface area contributed by atoms with Crippen molar-refractivity contribution in [2.45, 2.75) is 24.8 Å². The smallest absolute Gasteiger partial charge is 0.333 e. The van der Waals surface area contributed by atoms with Crippen molar-refractivity contribution in [3.05, 3.63) is 53.7 Å². The average Bonchev–Trinajstić information content (AvgIpc) is 3.56. The number of halogens is 3. The Kier molecular flexibility index (Phi) is 8.27. The van der Waals surface area contributed by atoms with Crippen LogP contribution in [0.3, 0.4) is 0 Å². The summed E-state index contributed by atoms with van der Waals surface area (Å²) in [6.45, 7) is -1.51. The van der Waals surface area contributed by atoms with Crippen molar-refractivity contribution < 1.29 is 31.4 Å². The Morgan fingerprint density at radius 1 is 1.03 bits per heavy atom. The van der Waals surface area contributed by atoms with Crippen LogP contribution in [-0.2, 0) is 14.8 Å². The Balaban J connectivity index is 1.84. The van der Waals surface area contributed by atoms with E-state index in [1.807, 2.05) is 0 Å². The lowest BCUT2D eigenvalue weighted by Crippen LogP contribution is -2.33. The number of rotatable bonds is 11.